The number of nitrogens with one attached hydrogen (secondary N) is 2. The summed E-state index contributed by atoms with van der Waals surface area (Å²) in [7, 11) is 3.40. The van der Waals surface area contributed by atoms with Gasteiger partial charge in [-0.3, -0.25) is 0 Å². The van der Waals surface area contributed by atoms with Crippen LogP contribution in [0.1, 0.15) is 11.1 Å². The highest BCUT2D eigenvalue weighted by molar-refractivity contribution is 7.98. The third kappa shape index (κ3) is 4.28. The maximum absolute atomic E-state index is 5.70. The summed E-state index contributed by atoms with van der Waals surface area (Å²) in [6.07, 6.45) is 0. The lowest BCUT2D eigenvalue weighted by molar-refractivity contribution is 0.397. The monoisotopic (exact) mass is 462 g/mol. The van der Waals surface area contributed by atoms with Gasteiger partial charge in [-0.15, -0.1) is 0 Å². The molecule has 162 valence electrons. The molecule has 2 N–H and O–H groups in total. The van der Waals surface area contributed by atoms with Gasteiger partial charge in [0.2, 0.25) is 0 Å². The van der Waals surface area contributed by atoms with E-state index in [1.165, 1.54) is 0 Å². The van der Waals surface area contributed by atoms with Gasteiger partial charge in [0.15, 0.2) is 10.3 Å². The molecule has 0 aliphatic rings. The van der Waals surface area contributed by atoms with Gasteiger partial charge in [0, 0.05) is 22.6 Å². The molecule has 5 rings (SSSR count). The zero-order valence-electron chi connectivity index (χ0n) is 17.7. The molecule has 0 saturated carbocycles. The molecule has 2 aromatic heterocycles. The van der Waals surface area contributed by atoms with Crippen LogP contribution in [0.15, 0.2) is 71.0 Å². The van der Waals surface area contributed by atoms with E-state index in [1.807, 2.05) is 48.5 Å². The smallest absolute Gasteiger partial charge is 0.166 e. The van der Waals surface area contributed by atoms with Crippen LogP contribution in [0.2, 0.25) is 0 Å². The van der Waals surface area contributed by atoms with Crippen LogP contribution in [0.5, 0.6) is 11.5 Å². The molecule has 5 aromatic rings. The first-order valence-corrected chi connectivity index (χ1v) is 12.1. The van der Waals surface area contributed by atoms with E-state index in [0.29, 0.717) is 0 Å². The van der Waals surface area contributed by atoms with Gasteiger partial charge < -0.3 is 19.4 Å². The van der Waals surface area contributed by atoms with Gasteiger partial charge in [-0.25, -0.2) is 9.97 Å². The van der Waals surface area contributed by atoms with Crippen LogP contribution in [0, 0.1) is 0 Å². The van der Waals surface area contributed by atoms with Crippen molar-refractivity contribution >= 4 is 45.6 Å². The molecule has 0 radical (unpaired) electrons. The van der Waals surface area contributed by atoms with Gasteiger partial charge in [0.25, 0.3) is 0 Å². The summed E-state index contributed by atoms with van der Waals surface area (Å²) in [5.41, 5.74) is 6.14. The molecule has 6 nitrogen and oxygen atoms in total. The zero-order chi connectivity index (χ0) is 21.9. The molecular weight excluding hydrogens is 440 g/mol. The number of methoxy groups -OCH3 is 2. The van der Waals surface area contributed by atoms with Gasteiger partial charge in [0.1, 0.15) is 11.5 Å². The molecule has 0 bridgehead atoms. The van der Waals surface area contributed by atoms with Crippen LogP contribution >= 0.6 is 23.5 Å². The number of benzene rings is 3. The second-order valence-electron chi connectivity index (χ2n) is 7.17. The van der Waals surface area contributed by atoms with E-state index in [1.54, 1.807) is 37.7 Å². The van der Waals surface area contributed by atoms with Gasteiger partial charge in [0.05, 0.1) is 36.3 Å². The van der Waals surface area contributed by atoms with Crippen molar-refractivity contribution in [1.82, 2.24) is 19.9 Å². The average Bonchev–Trinajstić information content (AvgIpc) is 3.44. The summed E-state index contributed by atoms with van der Waals surface area (Å²) < 4.78 is 11.4. The SMILES string of the molecule is COc1cc(CSc2nc3ccccc3[nH]2)c(OC)cc1CSc1nc2ccccc2[nH]1. The normalized spacial score (nSPS) is 11.3. The molecule has 0 fully saturated rings. The predicted molar refractivity (Wildman–Crippen MR) is 131 cm³/mol. The quantitative estimate of drug-likeness (QED) is 0.274. The number of aromatic amines is 2. The van der Waals surface area contributed by atoms with E-state index in [0.717, 1.165) is 66.5 Å². The number of para-hydroxylation sites is 4. The van der Waals surface area contributed by atoms with Crippen LogP contribution in [0.25, 0.3) is 22.1 Å². The van der Waals surface area contributed by atoms with Crippen LogP contribution in [-0.2, 0) is 11.5 Å². The first-order valence-electron chi connectivity index (χ1n) is 10.1. The van der Waals surface area contributed by atoms with Crippen molar-refractivity contribution in [2.24, 2.45) is 0 Å². The number of aromatic nitrogens is 4. The fraction of sp³-hybridized carbons (Fsp3) is 0.167. The highest BCUT2D eigenvalue weighted by Gasteiger charge is 2.14. The Morgan fingerprint density at radius 1 is 0.688 bits per heavy atom. The number of hydrogen-bond acceptors (Lipinski definition) is 6. The molecule has 0 saturated heterocycles. The Balaban J connectivity index is 1.33. The van der Waals surface area contributed by atoms with Crippen molar-refractivity contribution in [2.45, 2.75) is 21.8 Å². The lowest BCUT2D eigenvalue weighted by Gasteiger charge is -2.14. The van der Waals surface area contributed by atoms with Crippen molar-refractivity contribution in [3.8, 4) is 11.5 Å². The lowest BCUT2D eigenvalue weighted by atomic mass is 10.1. The highest BCUT2D eigenvalue weighted by atomic mass is 32.2. The Kier molecular flexibility index (Phi) is 5.96. The molecule has 0 spiro atoms. The second kappa shape index (κ2) is 9.18. The number of hydrogen-bond donors (Lipinski definition) is 2. The van der Waals surface area contributed by atoms with E-state index < -0.39 is 0 Å². The van der Waals surface area contributed by atoms with Crippen molar-refractivity contribution in [1.29, 1.82) is 0 Å². The fourth-order valence-electron chi connectivity index (χ4n) is 3.54. The molecule has 0 unspecified atom stereocenters. The molecule has 8 heteroatoms. The van der Waals surface area contributed by atoms with Gasteiger partial charge >= 0.3 is 0 Å². The van der Waals surface area contributed by atoms with Crippen molar-refractivity contribution in [3.63, 3.8) is 0 Å². The zero-order valence-corrected chi connectivity index (χ0v) is 19.3. The first kappa shape index (κ1) is 20.8. The van der Waals surface area contributed by atoms with E-state index >= 15 is 0 Å². The second-order valence-corrected chi connectivity index (χ2v) is 9.10. The van der Waals surface area contributed by atoms with Crippen molar-refractivity contribution in [2.75, 3.05) is 14.2 Å². The van der Waals surface area contributed by atoms with Crippen molar-refractivity contribution < 1.29 is 9.47 Å². The fourth-order valence-corrected chi connectivity index (χ4v) is 5.26. The van der Waals surface area contributed by atoms with E-state index in [9.17, 15) is 0 Å². The van der Waals surface area contributed by atoms with Gasteiger partial charge in [-0.1, -0.05) is 47.8 Å². The third-order valence-corrected chi connectivity index (χ3v) is 6.99. The topological polar surface area (TPSA) is 75.8 Å². The molecule has 3 aromatic carbocycles. The number of H-pyrrole nitrogens is 2. The summed E-state index contributed by atoms with van der Waals surface area (Å²) in [5, 5.41) is 1.77. The molecule has 0 aliphatic carbocycles. The predicted octanol–water partition coefficient (Wildman–Crippen LogP) is 6.04. The molecule has 32 heavy (non-hydrogen) atoms. The summed E-state index contributed by atoms with van der Waals surface area (Å²) >= 11 is 3.29. The Morgan fingerprint density at radius 2 is 1.12 bits per heavy atom. The first-order chi connectivity index (χ1) is 15.7. The highest BCUT2D eigenvalue weighted by Crippen LogP contribution is 2.36. The van der Waals surface area contributed by atoms with E-state index in [-0.39, 0.29) is 0 Å². The number of rotatable bonds is 8. The van der Waals surface area contributed by atoms with Gasteiger partial charge in [-0.2, -0.15) is 0 Å². The van der Waals surface area contributed by atoms with E-state index in [4.69, 9.17) is 9.47 Å². The molecular formula is C24H22N4O2S2. The maximum atomic E-state index is 5.70. The molecule has 0 atom stereocenters. The van der Waals surface area contributed by atoms with Crippen LogP contribution in [0.4, 0.5) is 0 Å². The largest absolute Gasteiger partial charge is 0.496 e. The number of fused-ring (bicyclic) bond motifs is 2. The minimum absolute atomic E-state index is 0.719. The number of nitrogens with zero attached hydrogens (tertiary/aromatic N) is 2. The Labute approximate surface area is 194 Å². The van der Waals surface area contributed by atoms with Crippen LogP contribution in [0.3, 0.4) is 0 Å². The average molecular weight is 463 g/mol. The summed E-state index contributed by atoms with van der Waals surface area (Å²) in [4.78, 5) is 16.0. The number of imidazole rings is 2. The molecule has 0 amide bonds. The minimum atomic E-state index is 0.719. The lowest BCUT2D eigenvalue weighted by Crippen LogP contribution is -1.97. The van der Waals surface area contributed by atoms with E-state index in [2.05, 4.69) is 32.1 Å². The molecule has 0 aliphatic heterocycles. The Bertz CT molecular complexity index is 1210. The summed E-state index contributed by atoms with van der Waals surface area (Å²) in [6, 6.07) is 20.2. The minimum Gasteiger partial charge on any atom is -0.496 e. The van der Waals surface area contributed by atoms with Crippen LogP contribution < -0.4 is 9.47 Å². The number of ether oxygens (including phenoxy) is 2. The number of thioether (sulfide) groups is 2. The molecule has 2 heterocycles. The van der Waals surface area contributed by atoms with Crippen LogP contribution in [-0.4, -0.2) is 34.2 Å². The Morgan fingerprint density at radius 3 is 1.53 bits per heavy atom. The third-order valence-electron chi connectivity index (χ3n) is 5.15. The standard InChI is InChI=1S/C24H22N4O2S2/c1-29-21-11-16(14-32-24-27-19-9-5-6-10-20(19)28-24)22(30-2)12-15(21)13-31-23-25-17-7-3-4-8-18(17)26-23/h3-12H,13-14H2,1-2H3,(H,25,26)(H,27,28). The van der Waals surface area contributed by atoms with Crippen molar-refractivity contribution in [3.05, 3.63) is 71.8 Å². The van der Waals surface area contributed by atoms with Gasteiger partial charge in [-0.05, 0) is 36.4 Å². The summed E-state index contributed by atoms with van der Waals surface area (Å²) in [5.74, 6) is 3.12. The summed E-state index contributed by atoms with van der Waals surface area (Å²) in [6.45, 7) is 0. The maximum Gasteiger partial charge on any atom is 0.166 e. The Hall–Kier alpha value is -3.10.